The van der Waals surface area contributed by atoms with Gasteiger partial charge < -0.3 is 19.5 Å². The molecule has 0 saturated carbocycles. The summed E-state index contributed by atoms with van der Waals surface area (Å²) in [7, 11) is 0. The van der Waals surface area contributed by atoms with E-state index in [4.69, 9.17) is 16.3 Å². The fourth-order valence-electron chi connectivity index (χ4n) is 4.36. The Balaban J connectivity index is 1.66. The van der Waals surface area contributed by atoms with Gasteiger partial charge in [-0.3, -0.25) is 9.59 Å². The highest BCUT2D eigenvalue weighted by Gasteiger charge is 2.18. The van der Waals surface area contributed by atoms with E-state index in [0.717, 1.165) is 59.9 Å². The summed E-state index contributed by atoms with van der Waals surface area (Å²) in [5.41, 5.74) is 2.16. The molecule has 2 aromatic heterocycles. The molecule has 0 radical (unpaired) electrons. The molecule has 0 unspecified atom stereocenters. The second-order valence-electron chi connectivity index (χ2n) is 9.55. The largest absolute Gasteiger partial charge is 0.480 e. The van der Waals surface area contributed by atoms with Crippen LogP contribution in [-0.4, -0.2) is 35.0 Å². The Bertz CT molecular complexity index is 1280. The summed E-state index contributed by atoms with van der Waals surface area (Å²) in [6.45, 7) is 9.83. The predicted molar refractivity (Wildman–Crippen MR) is 143 cm³/mol. The summed E-state index contributed by atoms with van der Waals surface area (Å²) in [6, 6.07) is 9.43. The number of pyridine rings is 2. The van der Waals surface area contributed by atoms with E-state index in [1.807, 2.05) is 38.1 Å². The Kier molecular flexibility index (Phi) is 7.65. The van der Waals surface area contributed by atoms with Crippen LogP contribution in [0.4, 0.5) is 17.2 Å². The Morgan fingerprint density at radius 3 is 2.66 bits per heavy atom. The number of ketones is 1. The summed E-state index contributed by atoms with van der Waals surface area (Å²) in [5, 5.41) is 4.78. The van der Waals surface area contributed by atoms with E-state index in [-0.39, 0.29) is 29.7 Å². The van der Waals surface area contributed by atoms with Crippen LogP contribution in [0.2, 0.25) is 5.02 Å². The highest BCUT2D eigenvalue weighted by molar-refractivity contribution is 6.33. The monoisotopic (exact) mass is 496 g/mol. The first-order valence-electron chi connectivity index (χ1n) is 12.3. The second-order valence-corrected chi connectivity index (χ2v) is 9.96. The molecule has 0 amide bonds. The number of anilines is 3. The van der Waals surface area contributed by atoms with Crippen LogP contribution >= 0.6 is 11.6 Å². The summed E-state index contributed by atoms with van der Waals surface area (Å²) in [6.07, 6.45) is 4.36. The Labute approximate surface area is 211 Å². The number of nitrogens with zero attached hydrogens (tertiary/aromatic N) is 3. The van der Waals surface area contributed by atoms with Crippen molar-refractivity contribution in [2.24, 2.45) is 5.92 Å². The smallest absolute Gasteiger partial charge is 0.293 e. The van der Waals surface area contributed by atoms with Crippen molar-refractivity contribution in [3.05, 3.63) is 51.9 Å². The molecule has 4 rings (SSSR count). The fourth-order valence-corrected chi connectivity index (χ4v) is 4.51. The van der Waals surface area contributed by atoms with Crippen LogP contribution in [-0.2, 0) is 4.79 Å². The number of benzene rings is 1. The van der Waals surface area contributed by atoms with E-state index in [9.17, 15) is 9.59 Å². The standard InChI is InChI=1S/C27H33ClN4O3/c1-5-21(33)16-35-25-13-19-12-20(6-7-24(19)32(17(2)3)27(25)34)30-23-14-26(29-15-22(23)28)31-10-8-18(4)9-11-31/h6-7,12-15,17-18H,5,8-11,16H2,1-4H3,(H,29,30). The van der Waals surface area contributed by atoms with Gasteiger partial charge in [0.2, 0.25) is 0 Å². The van der Waals surface area contributed by atoms with Gasteiger partial charge in [-0.05, 0) is 56.9 Å². The van der Waals surface area contributed by atoms with Gasteiger partial charge in [-0.2, -0.15) is 0 Å². The topological polar surface area (TPSA) is 76.5 Å². The van der Waals surface area contributed by atoms with Crippen LogP contribution in [0.3, 0.4) is 0 Å². The summed E-state index contributed by atoms with van der Waals surface area (Å²) >= 11 is 6.48. The maximum absolute atomic E-state index is 13.0. The van der Waals surface area contributed by atoms with Gasteiger partial charge in [-0.1, -0.05) is 25.4 Å². The molecular formula is C27H33ClN4O3. The van der Waals surface area contributed by atoms with Crippen molar-refractivity contribution in [1.29, 1.82) is 0 Å². The van der Waals surface area contributed by atoms with E-state index in [2.05, 4.69) is 22.1 Å². The lowest BCUT2D eigenvalue weighted by molar-refractivity contribution is -0.120. The van der Waals surface area contributed by atoms with Gasteiger partial charge in [0.05, 0.1) is 22.4 Å². The zero-order valence-electron chi connectivity index (χ0n) is 20.8. The van der Waals surface area contributed by atoms with Crippen molar-refractivity contribution < 1.29 is 9.53 Å². The zero-order chi connectivity index (χ0) is 25.1. The number of piperidine rings is 1. The van der Waals surface area contributed by atoms with E-state index >= 15 is 0 Å². The minimum absolute atomic E-state index is 0.0534. The first kappa shape index (κ1) is 25.0. The minimum atomic E-state index is -0.241. The number of halogens is 1. The van der Waals surface area contributed by atoms with Crippen molar-refractivity contribution >= 4 is 45.5 Å². The molecule has 0 aliphatic carbocycles. The number of hydrogen-bond acceptors (Lipinski definition) is 6. The minimum Gasteiger partial charge on any atom is -0.480 e. The lowest BCUT2D eigenvalue weighted by Gasteiger charge is -2.31. The second kappa shape index (κ2) is 10.7. The van der Waals surface area contributed by atoms with E-state index < -0.39 is 0 Å². The molecular weight excluding hydrogens is 464 g/mol. The highest BCUT2D eigenvalue weighted by Crippen LogP contribution is 2.32. The SMILES string of the molecule is CCC(=O)COc1cc2cc(Nc3cc(N4CCC(C)CC4)ncc3Cl)ccc2n(C(C)C)c1=O. The first-order chi connectivity index (χ1) is 16.8. The van der Waals surface area contributed by atoms with Crippen LogP contribution in [0.25, 0.3) is 10.9 Å². The summed E-state index contributed by atoms with van der Waals surface area (Å²) in [4.78, 5) is 31.6. The van der Waals surface area contributed by atoms with Crippen LogP contribution in [0.15, 0.2) is 41.3 Å². The number of hydrogen-bond donors (Lipinski definition) is 1. The Morgan fingerprint density at radius 2 is 1.97 bits per heavy atom. The number of nitrogens with one attached hydrogen (secondary N) is 1. The number of aromatic nitrogens is 2. The zero-order valence-corrected chi connectivity index (χ0v) is 21.6. The van der Waals surface area contributed by atoms with Crippen molar-refractivity contribution in [3.8, 4) is 5.75 Å². The molecule has 3 aromatic rings. The number of rotatable bonds is 8. The molecule has 1 aliphatic heterocycles. The van der Waals surface area contributed by atoms with E-state index in [1.54, 1.807) is 23.8 Å². The number of ether oxygens (including phenoxy) is 1. The Hall–Kier alpha value is -3.06. The molecule has 35 heavy (non-hydrogen) atoms. The molecule has 1 fully saturated rings. The van der Waals surface area contributed by atoms with Gasteiger partial charge >= 0.3 is 0 Å². The van der Waals surface area contributed by atoms with Crippen molar-refractivity contribution in [3.63, 3.8) is 0 Å². The lowest BCUT2D eigenvalue weighted by Crippen LogP contribution is -2.33. The first-order valence-corrected chi connectivity index (χ1v) is 12.7. The lowest BCUT2D eigenvalue weighted by atomic mass is 9.99. The van der Waals surface area contributed by atoms with Gasteiger partial charge in [0.25, 0.3) is 5.56 Å². The predicted octanol–water partition coefficient (Wildman–Crippen LogP) is 5.97. The average Bonchev–Trinajstić information content (AvgIpc) is 2.84. The van der Waals surface area contributed by atoms with Crippen LogP contribution in [0.5, 0.6) is 5.75 Å². The van der Waals surface area contributed by atoms with Crippen molar-refractivity contribution in [1.82, 2.24) is 9.55 Å². The molecule has 1 saturated heterocycles. The van der Waals surface area contributed by atoms with Crippen LogP contribution in [0.1, 0.15) is 53.0 Å². The van der Waals surface area contributed by atoms with Crippen LogP contribution < -0.4 is 20.5 Å². The van der Waals surface area contributed by atoms with Gasteiger partial charge in [0, 0.05) is 42.7 Å². The Morgan fingerprint density at radius 1 is 1.23 bits per heavy atom. The molecule has 7 nitrogen and oxygen atoms in total. The molecule has 1 aliphatic rings. The molecule has 3 heterocycles. The van der Waals surface area contributed by atoms with E-state index in [0.29, 0.717) is 11.4 Å². The van der Waals surface area contributed by atoms with Crippen LogP contribution in [0, 0.1) is 5.92 Å². The highest BCUT2D eigenvalue weighted by atomic mass is 35.5. The number of fused-ring (bicyclic) bond motifs is 1. The van der Waals surface area contributed by atoms with Gasteiger partial charge in [0.15, 0.2) is 11.5 Å². The summed E-state index contributed by atoms with van der Waals surface area (Å²) < 4.78 is 7.31. The van der Waals surface area contributed by atoms with Gasteiger partial charge in [0.1, 0.15) is 12.4 Å². The molecule has 0 atom stereocenters. The van der Waals surface area contributed by atoms with E-state index in [1.165, 1.54) is 0 Å². The molecule has 0 spiro atoms. The average molecular weight is 497 g/mol. The molecule has 1 N–H and O–H groups in total. The number of carbonyl (C=O) groups excluding carboxylic acids is 1. The molecule has 186 valence electrons. The fraction of sp³-hybridized carbons (Fsp3) is 0.444. The van der Waals surface area contributed by atoms with Gasteiger partial charge in [-0.25, -0.2) is 4.98 Å². The maximum atomic E-state index is 13.0. The molecule has 8 heteroatoms. The quantitative estimate of drug-likeness (QED) is 0.414. The third kappa shape index (κ3) is 5.61. The third-order valence-electron chi connectivity index (χ3n) is 6.53. The van der Waals surface area contributed by atoms with Gasteiger partial charge in [-0.15, -0.1) is 0 Å². The molecule has 1 aromatic carbocycles. The number of Topliss-reactive ketones (excluding diaryl/α,β-unsaturated/α-hetero) is 1. The maximum Gasteiger partial charge on any atom is 0.293 e. The normalized spacial score (nSPS) is 14.5. The molecule has 0 bridgehead atoms. The summed E-state index contributed by atoms with van der Waals surface area (Å²) in [5.74, 6) is 1.77. The van der Waals surface area contributed by atoms with Crippen molar-refractivity contribution in [2.45, 2.75) is 53.0 Å². The number of carbonyl (C=O) groups is 1. The third-order valence-corrected chi connectivity index (χ3v) is 6.83. The van der Waals surface area contributed by atoms with Crippen molar-refractivity contribution in [2.75, 3.05) is 29.9 Å².